The van der Waals surface area contributed by atoms with E-state index >= 15 is 0 Å². The number of rotatable bonds is 3. The van der Waals surface area contributed by atoms with Gasteiger partial charge in [0.25, 0.3) is 0 Å². The van der Waals surface area contributed by atoms with Crippen molar-refractivity contribution in [2.24, 2.45) is 5.73 Å². The summed E-state index contributed by atoms with van der Waals surface area (Å²) in [7, 11) is 0. The highest BCUT2D eigenvalue weighted by molar-refractivity contribution is 5.72. The van der Waals surface area contributed by atoms with Crippen molar-refractivity contribution in [3.63, 3.8) is 0 Å². The lowest BCUT2D eigenvalue weighted by molar-refractivity contribution is 0.193. The molecule has 3 N–H and O–H groups in total. The lowest BCUT2D eigenvalue weighted by Gasteiger charge is -2.31. The van der Waals surface area contributed by atoms with Crippen molar-refractivity contribution in [3.8, 4) is 0 Å². The summed E-state index contributed by atoms with van der Waals surface area (Å²) in [5, 5.41) is 3.56. The number of urea groups is 1. The Morgan fingerprint density at radius 2 is 1.67 bits per heavy atom. The Labute approximate surface area is 126 Å². The van der Waals surface area contributed by atoms with Crippen LogP contribution in [0.25, 0.3) is 0 Å². The molecule has 1 aromatic rings. The molecule has 0 aliphatic carbocycles. The Bertz CT molecular complexity index is 474. The number of nitrogens with two attached hydrogens (primary N) is 1. The van der Waals surface area contributed by atoms with Crippen molar-refractivity contribution in [2.45, 2.75) is 31.7 Å². The van der Waals surface area contributed by atoms with E-state index in [2.05, 4.69) is 34.5 Å². The van der Waals surface area contributed by atoms with E-state index in [0.717, 1.165) is 31.6 Å². The Hall–Kier alpha value is -1.91. The van der Waals surface area contributed by atoms with Crippen LogP contribution in [0.2, 0.25) is 0 Å². The molecule has 0 atom stereocenters. The molecular weight excluding hydrogens is 264 g/mol. The lowest BCUT2D eigenvalue weighted by atomic mass is 10.0. The van der Waals surface area contributed by atoms with E-state index in [1.165, 1.54) is 31.6 Å². The van der Waals surface area contributed by atoms with E-state index in [0.29, 0.717) is 6.04 Å². The summed E-state index contributed by atoms with van der Waals surface area (Å²) in [6, 6.07) is 8.85. The standard InChI is InChI=1S/C16H24N4O/c17-16(21)20-11-7-14(8-12-20)18-13-3-5-15(6-4-13)19-9-1-2-10-19/h3-6,14,18H,1-2,7-12H2,(H2,17,21). The molecule has 2 aliphatic heterocycles. The Balaban J connectivity index is 1.52. The summed E-state index contributed by atoms with van der Waals surface area (Å²) in [6.07, 6.45) is 4.52. The molecule has 114 valence electrons. The van der Waals surface area contributed by atoms with Gasteiger partial charge in [0.1, 0.15) is 0 Å². The number of anilines is 2. The van der Waals surface area contributed by atoms with Crippen molar-refractivity contribution in [1.82, 2.24) is 4.90 Å². The molecule has 0 radical (unpaired) electrons. The van der Waals surface area contributed by atoms with Crippen LogP contribution in [0.5, 0.6) is 0 Å². The minimum atomic E-state index is -0.302. The fourth-order valence-electron chi connectivity index (χ4n) is 3.22. The number of nitrogens with one attached hydrogen (secondary N) is 1. The van der Waals surface area contributed by atoms with Crippen LogP contribution in [0.1, 0.15) is 25.7 Å². The molecule has 2 heterocycles. The minimum Gasteiger partial charge on any atom is -0.382 e. The average Bonchev–Trinajstić information content (AvgIpc) is 3.03. The van der Waals surface area contributed by atoms with Crippen molar-refractivity contribution in [1.29, 1.82) is 0 Å². The van der Waals surface area contributed by atoms with Crippen LogP contribution in [0.4, 0.5) is 16.2 Å². The summed E-state index contributed by atoms with van der Waals surface area (Å²) < 4.78 is 0. The van der Waals surface area contributed by atoms with E-state index in [9.17, 15) is 4.79 Å². The largest absolute Gasteiger partial charge is 0.382 e. The first kappa shape index (κ1) is 14.0. The molecule has 3 rings (SSSR count). The second-order valence-electron chi connectivity index (χ2n) is 5.98. The van der Waals surface area contributed by atoms with Gasteiger partial charge in [-0.25, -0.2) is 4.79 Å². The van der Waals surface area contributed by atoms with Crippen molar-refractivity contribution in [3.05, 3.63) is 24.3 Å². The maximum absolute atomic E-state index is 11.1. The third-order valence-corrected chi connectivity index (χ3v) is 4.52. The maximum Gasteiger partial charge on any atom is 0.314 e. The number of primary amides is 1. The quantitative estimate of drug-likeness (QED) is 0.896. The van der Waals surface area contributed by atoms with E-state index in [1.54, 1.807) is 4.90 Å². The highest BCUT2D eigenvalue weighted by Gasteiger charge is 2.21. The van der Waals surface area contributed by atoms with Gasteiger partial charge >= 0.3 is 6.03 Å². The van der Waals surface area contributed by atoms with Crippen LogP contribution < -0.4 is 16.0 Å². The van der Waals surface area contributed by atoms with Gasteiger partial charge in [0.15, 0.2) is 0 Å². The molecule has 0 spiro atoms. The van der Waals surface area contributed by atoms with Gasteiger partial charge in [-0.3, -0.25) is 0 Å². The van der Waals surface area contributed by atoms with E-state index in [1.807, 2.05) is 0 Å². The molecule has 0 saturated carbocycles. The Morgan fingerprint density at radius 3 is 2.24 bits per heavy atom. The molecule has 0 unspecified atom stereocenters. The van der Waals surface area contributed by atoms with E-state index < -0.39 is 0 Å². The molecule has 0 bridgehead atoms. The molecule has 2 aliphatic rings. The summed E-state index contributed by atoms with van der Waals surface area (Å²) in [4.78, 5) is 15.3. The van der Waals surface area contributed by atoms with Crippen LogP contribution in [0.3, 0.4) is 0 Å². The van der Waals surface area contributed by atoms with Gasteiger partial charge in [-0.05, 0) is 49.9 Å². The number of hydrogen-bond donors (Lipinski definition) is 2. The van der Waals surface area contributed by atoms with Gasteiger partial charge in [-0.1, -0.05) is 0 Å². The predicted octanol–water partition coefficient (Wildman–Crippen LogP) is 2.24. The Kier molecular flexibility index (Phi) is 4.18. The summed E-state index contributed by atoms with van der Waals surface area (Å²) in [5.74, 6) is 0. The molecule has 21 heavy (non-hydrogen) atoms. The summed E-state index contributed by atoms with van der Waals surface area (Å²) in [6.45, 7) is 3.86. The third kappa shape index (κ3) is 3.40. The molecule has 2 fully saturated rings. The normalized spacial score (nSPS) is 19.8. The first-order valence-electron chi connectivity index (χ1n) is 7.88. The number of piperidine rings is 1. The van der Waals surface area contributed by atoms with Crippen molar-refractivity contribution < 1.29 is 4.79 Å². The van der Waals surface area contributed by atoms with Crippen molar-refractivity contribution in [2.75, 3.05) is 36.4 Å². The maximum atomic E-state index is 11.1. The van der Waals surface area contributed by atoms with Crippen LogP contribution in [-0.2, 0) is 0 Å². The van der Waals surface area contributed by atoms with Gasteiger partial charge in [0.05, 0.1) is 0 Å². The first-order valence-corrected chi connectivity index (χ1v) is 7.88. The highest BCUT2D eigenvalue weighted by Crippen LogP contribution is 2.23. The van der Waals surface area contributed by atoms with E-state index in [4.69, 9.17) is 5.73 Å². The number of nitrogens with zero attached hydrogens (tertiary/aromatic N) is 2. The molecule has 5 heteroatoms. The molecular formula is C16H24N4O. The van der Waals surface area contributed by atoms with Gasteiger partial charge in [0.2, 0.25) is 0 Å². The van der Waals surface area contributed by atoms with Gasteiger partial charge < -0.3 is 20.9 Å². The first-order chi connectivity index (χ1) is 10.2. The van der Waals surface area contributed by atoms with E-state index in [-0.39, 0.29) is 6.03 Å². The topological polar surface area (TPSA) is 61.6 Å². The Morgan fingerprint density at radius 1 is 1.05 bits per heavy atom. The lowest BCUT2D eigenvalue weighted by Crippen LogP contribution is -2.44. The average molecular weight is 288 g/mol. The van der Waals surface area contributed by atoms with Crippen LogP contribution >= 0.6 is 0 Å². The van der Waals surface area contributed by atoms with Gasteiger partial charge in [0, 0.05) is 43.6 Å². The zero-order chi connectivity index (χ0) is 14.7. The van der Waals surface area contributed by atoms with Crippen molar-refractivity contribution >= 4 is 17.4 Å². The van der Waals surface area contributed by atoms with Crippen LogP contribution in [0, 0.1) is 0 Å². The predicted molar refractivity (Wildman–Crippen MR) is 85.7 cm³/mol. The zero-order valence-electron chi connectivity index (χ0n) is 12.4. The molecule has 1 aromatic carbocycles. The molecule has 2 saturated heterocycles. The summed E-state index contributed by atoms with van der Waals surface area (Å²) >= 11 is 0. The highest BCUT2D eigenvalue weighted by atomic mass is 16.2. The SMILES string of the molecule is NC(=O)N1CCC(Nc2ccc(N3CCCC3)cc2)CC1. The minimum absolute atomic E-state index is 0.302. The number of carbonyl (C=O) groups is 1. The monoisotopic (exact) mass is 288 g/mol. The number of amides is 2. The third-order valence-electron chi connectivity index (χ3n) is 4.52. The fraction of sp³-hybridized carbons (Fsp3) is 0.562. The summed E-state index contributed by atoms with van der Waals surface area (Å²) in [5.41, 5.74) is 7.79. The molecule has 0 aromatic heterocycles. The second kappa shape index (κ2) is 6.24. The fourth-order valence-corrected chi connectivity index (χ4v) is 3.22. The molecule has 2 amide bonds. The van der Waals surface area contributed by atoms with Gasteiger partial charge in [-0.2, -0.15) is 0 Å². The second-order valence-corrected chi connectivity index (χ2v) is 5.98. The number of hydrogen-bond acceptors (Lipinski definition) is 3. The molecule has 5 nitrogen and oxygen atoms in total. The smallest absolute Gasteiger partial charge is 0.314 e. The number of likely N-dealkylation sites (tertiary alicyclic amines) is 1. The number of benzene rings is 1. The van der Waals surface area contributed by atoms with Crippen LogP contribution in [0.15, 0.2) is 24.3 Å². The van der Waals surface area contributed by atoms with Gasteiger partial charge in [-0.15, -0.1) is 0 Å². The number of carbonyl (C=O) groups excluding carboxylic acids is 1. The zero-order valence-corrected chi connectivity index (χ0v) is 12.4. The van der Waals surface area contributed by atoms with Crippen LogP contribution in [-0.4, -0.2) is 43.2 Å².